The average Bonchev–Trinajstić information content (AvgIpc) is 3.10. The number of amides is 2. The summed E-state index contributed by atoms with van der Waals surface area (Å²) in [5.41, 5.74) is 9.67. The Hall–Kier alpha value is -3.45. The number of nitrogens with two attached hydrogens (primary N) is 1. The van der Waals surface area contributed by atoms with Crippen molar-refractivity contribution < 1.29 is 24.2 Å². The molecule has 3 N–H and O–H groups in total. The predicted octanol–water partition coefficient (Wildman–Crippen LogP) is 3.53. The summed E-state index contributed by atoms with van der Waals surface area (Å²) in [4.78, 5) is 37.6. The van der Waals surface area contributed by atoms with Crippen molar-refractivity contribution >= 4 is 18.0 Å². The number of carbonyl (C=O) groups is 3. The van der Waals surface area contributed by atoms with Gasteiger partial charge in [-0.25, -0.2) is 14.5 Å². The van der Waals surface area contributed by atoms with Crippen molar-refractivity contribution in [3.8, 4) is 11.1 Å². The second kappa shape index (κ2) is 10.0. The highest BCUT2D eigenvalue weighted by atomic mass is 16.6. The van der Waals surface area contributed by atoms with Gasteiger partial charge in [0.15, 0.2) is 0 Å². The Morgan fingerprint density at radius 2 is 1.65 bits per heavy atom. The lowest BCUT2D eigenvalue weighted by Gasteiger charge is -2.26. The zero-order chi connectivity index (χ0) is 22.4. The van der Waals surface area contributed by atoms with Crippen LogP contribution in [0.3, 0.4) is 0 Å². The Kier molecular flexibility index (Phi) is 7.20. The summed E-state index contributed by atoms with van der Waals surface area (Å²) in [7, 11) is 0. The number of benzene rings is 2. The Labute approximate surface area is 181 Å². The highest BCUT2D eigenvalue weighted by Crippen LogP contribution is 2.44. The summed E-state index contributed by atoms with van der Waals surface area (Å²) in [5.74, 6) is -2.28. The van der Waals surface area contributed by atoms with Gasteiger partial charge in [0.05, 0.1) is 0 Å². The number of aliphatic carboxylic acids is 1. The molecule has 0 fully saturated rings. The predicted molar refractivity (Wildman–Crippen MR) is 116 cm³/mol. The molecule has 7 nitrogen and oxygen atoms in total. The fourth-order valence-electron chi connectivity index (χ4n) is 3.98. The van der Waals surface area contributed by atoms with Crippen molar-refractivity contribution in [3.63, 3.8) is 0 Å². The molecule has 162 valence electrons. The van der Waals surface area contributed by atoms with Crippen LogP contribution in [0.1, 0.15) is 36.3 Å². The minimum atomic E-state index is -1.34. The van der Waals surface area contributed by atoms with E-state index < -0.39 is 24.0 Å². The van der Waals surface area contributed by atoms with Crippen LogP contribution in [0.15, 0.2) is 61.2 Å². The first-order valence-electron chi connectivity index (χ1n) is 10.2. The van der Waals surface area contributed by atoms with E-state index in [0.717, 1.165) is 28.3 Å². The van der Waals surface area contributed by atoms with Gasteiger partial charge in [0, 0.05) is 5.92 Å². The fourth-order valence-corrected chi connectivity index (χ4v) is 3.98. The molecule has 1 unspecified atom stereocenters. The number of fused-ring (bicyclic) bond motifs is 3. The molecule has 1 atom stereocenters. The molecule has 0 heterocycles. The Bertz CT molecular complexity index is 942. The largest absolute Gasteiger partial charge is 0.480 e. The number of rotatable bonds is 9. The van der Waals surface area contributed by atoms with E-state index in [1.165, 1.54) is 0 Å². The van der Waals surface area contributed by atoms with Gasteiger partial charge in [0.1, 0.15) is 12.6 Å². The van der Waals surface area contributed by atoms with E-state index in [9.17, 15) is 19.5 Å². The second-order valence-electron chi connectivity index (χ2n) is 7.35. The molecule has 0 aliphatic heterocycles. The maximum absolute atomic E-state index is 12.8. The number of imide groups is 1. The van der Waals surface area contributed by atoms with Crippen molar-refractivity contribution in [2.45, 2.75) is 31.2 Å². The summed E-state index contributed by atoms with van der Waals surface area (Å²) in [6.07, 6.45) is 1.07. The van der Waals surface area contributed by atoms with Gasteiger partial charge < -0.3 is 15.6 Å². The van der Waals surface area contributed by atoms with Crippen LogP contribution in [0.2, 0.25) is 0 Å². The first kappa shape index (κ1) is 22.2. The third-order valence-electron chi connectivity index (χ3n) is 5.47. The number of hydrogen-bond acceptors (Lipinski definition) is 5. The molecular weight excluding hydrogens is 396 g/mol. The van der Waals surface area contributed by atoms with E-state index in [4.69, 9.17) is 10.5 Å². The Morgan fingerprint density at radius 1 is 1.06 bits per heavy atom. The number of ether oxygens (including phenoxy) is 1. The summed E-state index contributed by atoms with van der Waals surface area (Å²) in [5, 5.41) is 9.61. The van der Waals surface area contributed by atoms with Gasteiger partial charge in [-0.1, -0.05) is 55.1 Å². The average molecular weight is 422 g/mol. The van der Waals surface area contributed by atoms with Gasteiger partial charge in [-0.15, -0.1) is 0 Å². The number of unbranched alkanes of at least 4 members (excludes halogenated alkanes) is 1. The van der Waals surface area contributed by atoms with Gasteiger partial charge in [0.2, 0.25) is 0 Å². The Balaban J connectivity index is 1.80. The standard InChI is InChI=1S/C24H26N2O5/c1-2-22(27)26(21(23(28)29)13-7-8-14-25)24(30)31-15-20-18-11-5-3-9-16(18)17-10-4-6-12-19(17)20/h2-6,9-12,20-21H,1,7-8,13-15,25H2,(H,28,29). The fraction of sp³-hybridized carbons (Fsp3) is 0.292. The van der Waals surface area contributed by atoms with Crippen molar-refractivity contribution in [2.24, 2.45) is 5.73 Å². The van der Waals surface area contributed by atoms with Crippen LogP contribution < -0.4 is 5.73 Å². The zero-order valence-corrected chi connectivity index (χ0v) is 17.2. The van der Waals surface area contributed by atoms with E-state index in [2.05, 4.69) is 6.58 Å². The number of nitrogens with zero attached hydrogens (tertiary/aromatic N) is 1. The van der Waals surface area contributed by atoms with Crippen molar-refractivity contribution in [1.82, 2.24) is 4.90 Å². The molecule has 31 heavy (non-hydrogen) atoms. The molecule has 3 rings (SSSR count). The van der Waals surface area contributed by atoms with E-state index >= 15 is 0 Å². The van der Waals surface area contributed by atoms with Crippen LogP contribution in [0.5, 0.6) is 0 Å². The third kappa shape index (κ3) is 4.67. The molecule has 2 aromatic carbocycles. The lowest BCUT2D eigenvalue weighted by Crippen LogP contribution is -2.48. The lowest BCUT2D eigenvalue weighted by molar-refractivity contribution is -0.147. The molecule has 1 aliphatic rings. The highest BCUT2D eigenvalue weighted by Gasteiger charge is 2.36. The van der Waals surface area contributed by atoms with Gasteiger partial charge in [0.25, 0.3) is 5.91 Å². The second-order valence-corrected chi connectivity index (χ2v) is 7.35. The molecule has 2 aromatic rings. The van der Waals surface area contributed by atoms with Crippen molar-refractivity contribution in [2.75, 3.05) is 13.2 Å². The first-order valence-corrected chi connectivity index (χ1v) is 10.2. The van der Waals surface area contributed by atoms with E-state index in [-0.39, 0.29) is 18.9 Å². The van der Waals surface area contributed by atoms with Crippen LogP contribution in [-0.4, -0.2) is 47.2 Å². The topological polar surface area (TPSA) is 110 Å². The smallest absolute Gasteiger partial charge is 0.417 e. The van der Waals surface area contributed by atoms with Gasteiger partial charge >= 0.3 is 12.1 Å². The quantitative estimate of drug-likeness (QED) is 0.473. The molecule has 2 amide bonds. The van der Waals surface area contributed by atoms with Crippen molar-refractivity contribution in [3.05, 3.63) is 72.3 Å². The molecule has 0 saturated carbocycles. The third-order valence-corrected chi connectivity index (χ3v) is 5.47. The number of carbonyl (C=O) groups excluding carboxylic acids is 2. The summed E-state index contributed by atoms with van der Waals surface area (Å²) in [6.45, 7) is 3.77. The van der Waals surface area contributed by atoms with E-state index in [1.807, 2.05) is 48.5 Å². The Morgan fingerprint density at radius 3 is 2.16 bits per heavy atom. The number of hydrogen-bond donors (Lipinski definition) is 2. The molecule has 0 aromatic heterocycles. The van der Waals surface area contributed by atoms with Crippen LogP contribution in [0.4, 0.5) is 4.79 Å². The molecule has 7 heteroatoms. The van der Waals surface area contributed by atoms with Gasteiger partial charge in [-0.3, -0.25) is 4.79 Å². The minimum Gasteiger partial charge on any atom is -0.480 e. The lowest BCUT2D eigenvalue weighted by atomic mass is 9.98. The first-order chi connectivity index (χ1) is 15.0. The van der Waals surface area contributed by atoms with E-state index in [0.29, 0.717) is 24.3 Å². The molecule has 0 saturated heterocycles. The van der Waals surface area contributed by atoms with Crippen molar-refractivity contribution in [1.29, 1.82) is 0 Å². The molecule has 0 bridgehead atoms. The number of carboxylic acids is 1. The molecule has 1 aliphatic carbocycles. The van der Waals surface area contributed by atoms with Gasteiger partial charge in [-0.05, 0) is 54.1 Å². The summed E-state index contributed by atoms with van der Waals surface area (Å²) < 4.78 is 5.49. The normalized spacial score (nSPS) is 13.1. The highest BCUT2D eigenvalue weighted by molar-refractivity contribution is 6.01. The summed E-state index contributed by atoms with van der Waals surface area (Å²) >= 11 is 0. The van der Waals surface area contributed by atoms with Crippen LogP contribution in [0.25, 0.3) is 11.1 Å². The summed E-state index contributed by atoms with van der Waals surface area (Å²) in [6, 6.07) is 14.4. The molecule has 0 spiro atoms. The maximum Gasteiger partial charge on any atom is 0.417 e. The minimum absolute atomic E-state index is 0.0110. The SMILES string of the molecule is C=CC(=O)N(C(=O)OCC1c2ccccc2-c2ccccc21)C(CCCCN)C(=O)O. The van der Waals surface area contributed by atoms with Gasteiger partial charge in [-0.2, -0.15) is 0 Å². The van der Waals surface area contributed by atoms with E-state index in [1.54, 1.807) is 0 Å². The van der Waals surface area contributed by atoms with Crippen LogP contribution in [-0.2, 0) is 14.3 Å². The molecule has 0 radical (unpaired) electrons. The number of carboxylic acid groups (broad SMARTS) is 1. The maximum atomic E-state index is 12.8. The molecular formula is C24H26N2O5. The van der Waals surface area contributed by atoms with Crippen LogP contribution >= 0.6 is 0 Å². The van der Waals surface area contributed by atoms with Crippen LogP contribution in [0, 0.1) is 0 Å². The zero-order valence-electron chi connectivity index (χ0n) is 17.2. The monoisotopic (exact) mass is 422 g/mol.